The minimum Gasteiger partial charge on any atom is -0.368 e. The van der Waals surface area contributed by atoms with Crippen LogP contribution in [0.15, 0.2) is 30.5 Å². The number of rotatable bonds is 1. The Morgan fingerprint density at radius 1 is 1.29 bits per heavy atom. The van der Waals surface area contributed by atoms with Crippen molar-refractivity contribution < 1.29 is 0 Å². The Bertz CT molecular complexity index is 570. The normalized spacial score (nSPS) is 13.8. The van der Waals surface area contributed by atoms with Crippen molar-refractivity contribution >= 4 is 29.1 Å². The summed E-state index contributed by atoms with van der Waals surface area (Å²) in [6.07, 6.45) is 2.64. The number of nitrogen functional groups attached to an aromatic ring is 1. The third-order valence-electron chi connectivity index (χ3n) is 2.87. The molecule has 4 nitrogen and oxygen atoms in total. The van der Waals surface area contributed by atoms with Gasteiger partial charge in [-0.2, -0.15) is 4.98 Å². The van der Waals surface area contributed by atoms with Gasteiger partial charge in [0.2, 0.25) is 5.95 Å². The molecule has 0 radical (unpaired) electrons. The monoisotopic (exact) mass is 246 g/mol. The molecule has 2 heterocycles. The van der Waals surface area contributed by atoms with Crippen molar-refractivity contribution in [3.05, 3.63) is 41.0 Å². The molecule has 0 saturated carbocycles. The zero-order valence-electron chi connectivity index (χ0n) is 9.10. The van der Waals surface area contributed by atoms with E-state index in [1.807, 2.05) is 24.3 Å². The number of nitrogens with zero attached hydrogens (tertiary/aromatic N) is 3. The zero-order chi connectivity index (χ0) is 11.8. The van der Waals surface area contributed by atoms with Crippen LogP contribution in [0.3, 0.4) is 0 Å². The molecule has 3 rings (SSSR count). The maximum absolute atomic E-state index is 5.98. The van der Waals surface area contributed by atoms with Crippen LogP contribution in [0.25, 0.3) is 0 Å². The number of hydrogen-bond donors (Lipinski definition) is 1. The number of halogens is 1. The molecule has 17 heavy (non-hydrogen) atoms. The topological polar surface area (TPSA) is 55.0 Å². The molecule has 1 aliphatic heterocycles. The first kappa shape index (κ1) is 10.4. The number of anilines is 3. The van der Waals surface area contributed by atoms with Crippen LogP contribution in [0.5, 0.6) is 0 Å². The second-order valence-electron chi connectivity index (χ2n) is 3.95. The lowest BCUT2D eigenvalue weighted by Gasteiger charge is -2.18. The van der Waals surface area contributed by atoms with Crippen LogP contribution in [0.4, 0.5) is 17.5 Å². The smallest absolute Gasteiger partial charge is 0.221 e. The average Bonchev–Trinajstić information content (AvgIpc) is 2.71. The third-order valence-corrected chi connectivity index (χ3v) is 3.11. The van der Waals surface area contributed by atoms with E-state index in [0.717, 1.165) is 29.5 Å². The van der Waals surface area contributed by atoms with E-state index in [4.69, 9.17) is 17.3 Å². The van der Waals surface area contributed by atoms with Gasteiger partial charge < -0.3 is 10.6 Å². The Kier molecular flexibility index (Phi) is 2.37. The lowest BCUT2D eigenvalue weighted by Crippen LogP contribution is -2.15. The van der Waals surface area contributed by atoms with E-state index < -0.39 is 0 Å². The summed E-state index contributed by atoms with van der Waals surface area (Å²) in [5.41, 5.74) is 7.99. The first-order valence-corrected chi connectivity index (χ1v) is 5.76. The van der Waals surface area contributed by atoms with Gasteiger partial charge in [0.1, 0.15) is 5.82 Å². The maximum Gasteiger partial charge on any atom is 0.221 e. The molecule has 0 fully saturated rings. The van der Waals surface area contributed by atoms with Gasteiger partial charge in [-0.3, -0.25) is 0 Å². The summed E-state index contributed by atoms with van der Waals surface area (Å²) in [7, 11) is 0. The van der Waals surface area contributed by atoms with Crippen molar-refractivity contribution in [1.82, 2.24) is 9.97 Å². The van der Waals surface area contributed by atoms with Crippen LogP contribution in [-0.4, -0.2) is 16.5 Å². The molecule has 0 bridgehead atoms. The molecule has 2 aromatic rings. The number of fused-ring (bicyclic) bond motifs is 1. The second kappa shape index (κ2) is 3.89. The summed E-state index contributed by atoms with van der Waals surface area (Å²) in [5.74, 6) is 1.13. The zero-order valence-corrected chi connectivity index (χ0v) is 9.85. The molecular formula is C12H11ClN4. The summed E-state index contributed by atoms with van der Waals surface area (Å²) in [6.45, 7) is 0.895. The fourth-order valence-electron chi connectivity index (χ4n) is 2.12. The molecule has 5 heteroatoms. The van der Waals surface area contributed by atoms with E-state index in [1.54, 1.807) is 6.20 Å². The molecule has 1 aliphatic rings. The van der Waals surface area contributed by atoms with Gasteiger partial charge in [-0.05, 0) is 36.2 Å². The van der Waals surface area contributed by atoms with Gasteiger partial charge in [0.15, 0.2) is 0 Å². The van der Waals surface area contributed by atoms with Crippen molar-refractivity contribution in [3.63, 3.8) is 0 Å². The molecule has 0 spiro atoms. The number of aromatic nitrogens is 2. The Hall–Kier alpha value is -1.81. The summed E-state index contributed by atoms with van der Waals surface area (Å²) in [4.78, 5) is 10.3. The minimum atomic E-state index is 0.296. The highest BCUT2D eigenvalue weighted by molar-refractivity contribution is 6.30. The quantitative estimate of drug-likeness (QED) is 0.840. The van der Waals surface area contributed by atoms with Gasteiger partial charge in [0.25, 0.3) is 0 Å². The predicted octanol–water partition coefficient (Wildman–Crippen LogP) is 2.41. The molecule has 1 aromatic heterocycles. The van der Waals surface area contributed by atoms with Crippen LogP contribution in [-0.2, 0) is 6.42 Å². The summed E-state index contributed by atoms with van der Waals surface area (Å²) < 4.78 is 0. The molecule has 1 aromatic carbocycles. The van der Waals surface area contributed by atoms with Crippen molar-refractivity contribution in [3.8, 4) is 0 Å². The number of benzene rings is 1. The first-order chi connectivity index (χ1) is 8.24. The average molecular weight is 247 g/mol. The Morgan fingerprint density at radius 3 is 3.00 bits per heavy atom. The van der Waals surface area contributed by atoms with Gasteiger partial charge in [0, 0.05) is 23.5 Å². The third kappa shape index (κ3) is 1.80. The highest BCUT2D eigenvalue weighted by atomic mass is 35.5. The number of hydrogen-bond acceptors (Lipinski definition) is 4. The molecule has 0 saturated heterocycles. The maximum atomic E-state index is 5.98. The fraction of sp³-hybridized carbons (Fsp3) is 0.167. The Balaban J connectivity index is 2.04. The number of nitrogens with two attached hydrogens (primary N) is 1. The van der Waals surface area contributed by atoms with E-state index >= 15 is 0 Å². The van der Waals surface area contributed by atoms with Crippen LogP contribution in [0.2, 0.25) is 5.02 Å². The molecule has 2 N–H and O–H groups in total. The van der Waals surface area contributed by atoms with E-state index in [-0.39, 0.29) is 0 Å². The predicted molar refractivity (Wildman–Crippen MR) is 68.6 cm³/mol. The van der Waals surface area contributed by atoms with Gasteiger partial charge in [-0.1, -0.05) is 11.6 Å². The first-order valence-electron chi connectivity index (χ1n) is 5.38. The Labute approximate surface area is 104 Å². The van der Waals surface area contributed by atoms with E-state index in [0.29, 0.717) is 5.95 Å². The molecule has 0 unspecified atom stereocenters. The van der Waals surface area contributed by atoms with Gasteiger partial charge in [-0.25, -0.2) is 4.98 Å². The fourth-order valence-corrected chi connectivity index (χ4v) is 2.32. The van der Waals surface area contributed by atoms with Crippen LogP contribution in [0, 0.1) is 0 Å². The summed E-state index contributed by atoms with van der Waals surface area (Å²) >= 11 is 5.98. The van der Waals surface area contributed by atoms with E-state index in [1.165, 1.54) is 5.56 Å². The largest absolute Gasteiger partial charge is 0.368 e. The van der Waals surface area contributed by atoms with E-state index in [2.05, 4.69) is 14.9 Å². The highest BCUT2D eigenvalue weighted by Crippen LogP contribution is 2.34. The minimum absolute atomic E-state index is 0.296. The molecule has 86 valence electrons. The Morgan fingerprint density at radius 2 is 2.18 bits per heavy atom. The van der Waals surface area contributed by atoms with Gasteiger partial charge in [-0.15, -0.1) is 0 Å². The lowest BCUT2D eigenvalue weighted by atomic mass is 10.2. The van der Waals surface area contributed by atoms with Gasteiger partial charge in [0.05, 0.1) is 0 Å². The summed E-state index contributed by atoms with van der Waals surface area (Å²) in [5, 5.41) is 0.771. The molecular weight excluding hydrogens is 236 g/mol. The van der Waals surface area contributed by atoms with Gasteiger partial charge >= 0.3 is 0 Å². The van der Waals surface area contributed by atoms with Crippen molar-refractivity contribution in [2.24, 2.45) is 0 Å². The highest BCUT2D eigenvalue weighted by Gasteiger charge is 2.21. The van der Waals surface area contributed by atoms with Crippen molar-refractivity contribution in [2.75, 3.05) is 17.2 Å². The van der Waals surface area contributed by atoms with Crippen LogP contribution >= 0.6 is 11.6 Å². The SMILES string of the molecule is Nc1nccc(N2CCc3cc(Cl)ccc32)n1. The second-order valence-corrected chi connectivity index (χ2v) is 4.38. The standard InChI is InChI=1S/C12H11ClN4/c13-9-1-2-10-8(7-9)4-6-17(10)11-3-5-15-12(14)16-11/h1-3,5,7H,4,6H2,(H2,14,15,16). The molecule has 0 aliphatic carbocycles. The molecule has 0 atom stereocenters. The molecule has 0 amide bonds. The van der Waals surface area contributed by atoms with E-state index in [9.17, 15) is 0 Å². The van der Waals surface area contributed by atoms with Crippen LogP contribution in [0.1, 0.15) is 5.56 Å². The van der Waals surface area contributed by atoms with Crippen molar-refractivity contribution in [2.45, 2.75) is 6.42 Å². The lowest BCUT2D eigenvalue weighted by molar-refractivity contribution is 0.968. The van der Waals surface area contributed by atoms with Crippen molar-refractivity contribution in [1.29, 1.82) is 0 Å². The summed E-state index contributed by atoms with van der Waals surface area (Å²) in [6, 6.07) is 7.77. The van der Waals surface area contributed by atoms with Crippen LogP contribution < -0.4 is 10.6 Å².